The van der Waals surface area contributed by atoms with E-state index in [1.807, 2.05) is 25.8 Å². The summed E-state index contributed by atoms with van der Waals surface area (Å²) in [7, 11) is 1.87. The second kappa shape index (κ2) is 5.32. The van der Waals surface area contributed by atoms with Crippen LogP contribution in [-0.4, -0.2) is 50.2 Å². The molecular weight excluding hydrogens is 180 g/mol. The van der Waals surface area contributed by atoms with Gasteiger partial charge in [0.15, 0.2) is 0 Å². The molecule has 1 saturated heterocycles. The van der Waals surface area contributed by atoms with E-state index >= 15 is 0 Å². The van der Waals surface area contributed by atoms with E-state index in [-0.39, 0.29) is 17.9 Å². The normalized spacial score (nSPS) is 24.8. The van der Waals surface area contributed by atoms with Crippen molar-refractivity contribution in [3.8, 4) is 0 Å². The highest BCUT2D eigenvalue weighted by Gasteiger charge is 2.26. The molecule has 2 atom stereocenters. The van der Waals surface area contributed by atoms with Crippen molar-refractivity contribution in [2.24, 2.45) is 5.92 Å². The van der Waals surface area contributed by atoms with Gasteiger partial charge in [0, 0.05) is 19.0 Å². The molecular formula is C10H20N2O2. The van der Waals surface area contributed by atoms with Crippen LogP contribution in [0.25, 0.3) is 0 Å². The van der Waals surface area contributed by atoms with Crippen molar-refractivity contribution in [1.29, 1.82) is 0 Å². The van der Waals surface area contributed by atoms with Crippen LogP contribution in [0.1, 0.15) is 13.8 Å². The molecule has 82 valence electrons. The van der Waals surface area contributed by atoms with E-state index in [2.05, 4.69) is 5.32 Å². The Morgan fingerprint density at radius 2 is 2.43 bits per heavy atom. The van der Waals surface area contributed by atoms with Crippen LogP contribution in [-0.2, 0) is 9.53 Å². The molecule has 1 amide bonds. The van der Waals surface area contributed by atoms with Gasteiger partial charge in [-0.25, -0.2) is 0 Å². The van der Waals surface area contributed by atoms with Crippen LogP contribution in [0.3, 0.4) is 0 Å². The maximum absolute atomic E-state index is 11.9. The predicted molar refractivity (Wildman–Crippen MR) is 55.1 cm³/mol. The fraction of sp³-hybridized carbons (Fsp3) is 0.900. The van der Waals surface area contributed by atoms with E-state index < -0.39 is 0 Å². The number of carbonyl (C=O) groups is 1. The molecule has 4 heteroatoms. The Hall–Kier alpha value is -0.610. The third-order valence-electron chi connectivity index (χ3n) is 2.58. The molecule has 0 aromatic rings. The molecule has 2 unspecified atom stereocenters. The number of morpholine rings is 1. The first kappa shape index (κ1) is 11.5. The van der Waals surface area contributed by atoms with Crippen LogP contribution in [0.5, 0.6) is 0 Å². The molecule has 1 heterocycles. The lowest BCUT2D eigenvalue weighted by Crippen LogP contribution is -2.50. The number of ether oxygens (including phenoxy) is 1. The van der Waals surface area contributed by atoms with Crippen molar-refractivity contribution in [3.05, 3.63) is 0 Å². The van der Waals surface area contributed by atoms with Gasteiger partial charge in [-0.3, -0.25) is 4.79 Å². The zero-order valence-corrected chi connectivity index (χ0v) is 9.25. The fourth-order valence-electron chi connectivity index (χ4n) is 1.73. The Morgan fingerprint density at radius 3 is 3.00 bits per heavy atom. The lowest BCUT2D eigenvalue weighted by molar-refractivity contribution is -0.142. The van der Waals surface area contributed by atoms with Crippen molar-refractivity contribution >= 4 is 5.91 Å². The molecule has 0 saturated carbocycles. The quantitative estimate of drug-likeness (QED) is 0.702. The number of carbonyl (C=O) groups excluding carboxylic acids is 1. The summed E-state index contributed by atoms with van der Waals surface area (Å²) in [6.45, 7) is 6.79. The molecule has 0 spiro atoms. The average molecular weight is 200 g/mol. The Morgan fingerprint density at radius 1 is 1.71 bits per heavy atom. The van der Waals surface area contributed by atoms with Crippen molar-refractivity contribution < 1.29 is 9.53 Å². The third kappa shape index (κ3) is 2.69. The Balaban J connectivity index is 2.49. The number of nitrogens with one attached hydrogen (secondary N) is 1. The van der Waals surface area contributed by atoms with Gasteiger partial charge in [-0.1, -0.05) is 6.92 Å². The van der Waals surface area contributed by atoms with E-state index in [0.717, 1.165) is 13.1 Å². The third-order valence-corrected chi connectivity index (χ3v) is 2.58. The van der Waals surface area contributed by atoms with Crippen LogP contribution >= 0.6 is 0 Å². The Kier molecular flexibility index (Phi) is 4.35. The molecule has 0 aromatic carbocycles. The molecule has 0 aliphatic carbocycles. The summed E-state index contributed by atoms with van der Waals surface area (Å²) in [5.41, 5.74) is 0. The predicted octanol–water partition coefficient (Wildman–Crippen LogP) is 0.0892. The van der Waals surface area contributed by atoms with E-state index in [1.54, 1.807) is 0 Å². The van der Waals surface area contributed by atoms with Gasteiger partial charge in [0.2, 0.25) is 5.91 Å². The van der Waals surface area contributed by atoms with Gasteiger partial charge in [-0.05, 0) is 14.0 Å². The lowest BCUT2D eigenvalue weighted by Gasteiger charge is -2.35. The molecule has 1 aliphatic heterocycles. The van der Waals surface area contributed by atoms with Gasteiger partial charge in [0.05, 0.1) is 19.3 Å². The molecule has 1 rings (SSSR count). The van der Waals surface area contributed by atoms with Gasteiger partial charge < -0.3 is 15.0 Å². The zero-order valence-electron chi connectivity index (χ0n) is 9.25. The summed E-state index contributed by atoms with van der Waals surface area (Å²) in [5, 5.41) is 3.02. The summed E-state index contributed by atoms with van der Waals surface area (Å²) < 4.78 is 5.29. The average Bonchev–Trinajstić information content (AvgIpc) is 2.18. The summed E-state index contributed by atoms with van der Waals surface area (Å²) in [6, 6.07) is 0.218. The first-order valence-electron chi connectivity index (χ1n) is 5.19. The maximum Gasteiger partial charge on any atom is 0.227 e. The van der Waals surface area contributed by atoms with Crippen LogP contribution < -0.4 is 5.32 Å². The van der Waals surface area contributed by atoms with Crippen molar-refractivity contribution in [2.45, 2.75) is 19.9 Å². The van der Waals surface area contributed by atoms with Crippen LogP contribution in [0.2, 0.25) is 0 Å². The van der Waals surface area contributed by atoms with E-state index in [9.17, 15) is 4.79 Å². The molecule has 1 N–H and O–H groups in total. The van der Waals surface area contributed by atoms with Crippen molar-refractivity contribution in [3.63, 3.8) is 0 Å². The van der Waals surface area contributed by atoms with Crippen LogP contribution in [0.4, 0.5) is 0 Å². The minimum Gasteiger partial charge on any atom is -0.377 e. The number of nitrogens with zero attached hydrogens (tertiary/aromatic N) is 1. The first-order chi connectivity index (χ1) is 6.66. The van der Waals surface area contributed by atoms with E-state index in [0.29, 0.717) is 13.2 Å². The zero-order chi connectivity index (χ0) is 10.6. The first-order valence-corrected chi connectivity index (χ1v) is 5.19. The van der Waals surface area contributed by atoms with Gasteiger partial charge in [-0.15, -0.1) is 0 Å². The number of rotatable bonds is 3. The van der Waals surface area contributed by atoms with E-state index in [1.165, 1.54) is 0 Å². The van der Waals surface area contributed by atoms with Crippen molar-refractivity contribution in [1.82, 2.24) is 10.2 Å². The maximum atomic E-state index is 11.9. The lowest BCUT2D eigenvalue weighted by atomic mass is 10.1. The second-order valence-corrected chi connectivity index (χ2v) is 3.91. The molecule has 1 fully saturated rings. The van der Waals surface area contributed by atoms with Crippen molar-refractivity contribution in [2.75, 3.05) is 33.4 Å². The second-order valence-electron chi connectivity index (χ2n) is 3.91. The van der Waals surface area contributed by atoms with Gasteiger partial charge in [0.1, 0.15) is 0 Å². The minimum atomic E-state index is 0.0561. The summed E-state index contributed by atoms with van der Waals surface area (Å²) in [4.78, 5) is 13.9. The molecule has 0 bridgehead atoms. The Labute approximate surface area is 85.6 Å². The molecule has 0 aromatic heterocycles. The largest absolute Gasteiger partial charge is 0.377 e. The highest BCUT2D eigenvalue weighted by molar-refractivity contribution is 5.79. The monoisotopic (exact) mass is 200 g/mol. The number of hydrogen-bond donors (Lipinski definition) is 1. The molecule has 14 heavy (non-hydrogen) atoms. The van der Waals surface area contributed by atoms with Crippen LogP contribution in [0.15, 0.2) is 0 Å². The van der Waals surface area contributed by atoms with Gasteiger partial charge in [0.25, 0.3) is 0 Å². The van der Waals surface area contributed by atoms with E-state index in [4.69, 9.17) is 4.74 Å². The highest BCUT2D eigenvalue weighted by atomic mass is 16.5. The molecule has 1 aliphatic rings. The standard InChI is InChI=1S/C10H20N2O2/c1-8(6-11-3)10(13)12-4-5-14-7-9(12)2/h8-9,11H,4-7H2,1-3H3. The topological polar surface area (TPSA) is 41.6 Å². The molecule has 4 nitrogen and oxygen atoms in total. The SMILES string of the molecule is CNCC(C)C(=O)N1CCOCC1C. The van der Waals surface area contributed by atoms with Crippen LogP contribution in [0, 0.1) is 5.92 Å². The smallest absolute Gasteiger partial charge is 0.227 e. The minimum absolute atomic E-state index is 0.0561. The number of hydrogen-bond acceptors (Lipinski definition) is 3. The fourth-order valence-corrected chi connectivity index (χ4v) is 1.73. The summed E-state index contributed by atoms with van der Waals surface area (Å²) >= 11 is 0. The highest BCUT2D eigenvalue weighted by Crippen LogP contribution is 2.10. The summed E-state index contributed by atoms with van der Waals surface area (Å²) in [5.74, 6) is 0.288. The molecule has 0 radical (unpaired) electrons. The Bertz CT molecular complexity index is 197. The van der Waals surface area contributed by atoms with Gasteiger partial charge in [-0.2, -0.15) is 0 Å². The summed E-state index contributed by atoms with van der Waals surface area (Å²) in [6.07, 6.45) is 0. The number of amides is 1. The van der Waals surface area contributed by atoms with Gasteiger partial charge >= 0.3 is 0 Å².